The van der Waals surface area contributed by atoms with E-state index in [4.69, 9.17) is 10.0 Å². The lowest BCUT2D eigenvalue weighted by Gasteiger charge is -2.08. The summed E-state index contributed by atoms with van der Waals surface area (Å²) in [4.78, 5) is 10.9. The second kappa shape index (κ2) is 5.16. The molecule has 0 amide bonds. The smallest absolute Gasteiger partial charge is 0.423 e. The molecule has 18 heavy (non-hydrogen) atoms. The number of aromatic nitrogens is 1. The molecule has 0 spiro atoms. The van der Waals surface area contributed by atoms with E-state index < -0.39 is 12.9 Å². The number of benzene rings is 1. The maximum absolute atomic E-state index is 13.3. The largest absolute Gasteiger partial charge is 0.488 e. The van der Waals surface area contributed by atoms with Crippen LogP contribution in [0.15, 0.2) is 47.5 Å². The van der Waals surface area contributed by atoms with E-state index in [1.165, 1.54) is 24.3 Å². The van der Waals surface area contributed by atoms with E-state index >= 15 is 0 Å². The van der Waals surface area contributed by atoms with Gasteiger partial charge in [-0.3, -0.25) is 4.79 Å². The van der Waals surface area contributed by atoms with Gasteiger partial charge in [0.25, 0.3) is 0 Å². The first kappa shape index (κ1) is 12.5. The van der Waals surface area contributed by atoms with Crippen molar-refractivity contribution in [2.75, 3.05) is 0 Å². The Morgan fingerprint density at radius 3 is 2.44 bits per heavy atom. The van der Waals surface area contributed by atoms with Gasteiger partial charge >= 0.3 is 7.12 Å². The van der Waals surface area contributed by atoms with Crippen LogP contribution in [-0.4, -0.2) is 21.7 Å². The maximum Gasteiger partial charge on any atom is 0.488 e. The van der Waals surface area contributed by atoms with Crippen molar-refractivity contribution < 1.29 is 14.4 Å². The van der Waals surface area contributed by atoms with Gasteiger partial charge in [0.15, 0.2) is 5.43 Å². The molecule has 0 bridgehead atoms. The Hall–Kier alpha value is -1.92. The van der Waals surface area contributed by atoms with Gasteiger partial charge in [-0.1, -0.05) is 6.07 Å². The molecule has 0 saturated heterocycles. The van der Waals surface area contributed by atoms with Gasteiger partial charge in [-0.15, -0.1) is 0 Å². The summed E-state index contributed by atoms with van der Waals surface area (Å²) in [6.45, 7) is 0.345. The minimum atomic E-state index is -1.70. The molecule has 1 aromatic carbocycles. The molecule has 0 saturated carbocycles. The summed E-state index contributed by atoms with van der Waals surface area (Å²) >= 11 is 0. The van der Waals surface area contributed by atoms with Crippen LogP contribution >= 0.6 is 0 Å². The average molecular weight is 247 g/mol. The Kier molecular flexibility index (Phi) is 3.59. The number of rotatable bonds is 3. The lowest BCUT2D eigenvalue weighted by Crippen LogP contribution is -2.30. The van der Waals surface area contributed by atoms with Crippen molar-refractivity contribution in [3.8, 4) is 0 Å². The highest BCUT2D eigenvalue weighted by Crippen LogP contribution is 2.04. The van der Waals surface area contributed by atoms with Crippen LogP contribution in [-0.2, 0) is 6.54 Å². The van der Waals surface area contributed by atoms with Crippen molar-refractivity contribution in [2.24, 2.45) is 0 Å². The van der Waals surface area contributed by atoms with Crippen LogP contribution < -0.4 is 10.9 Å². The van der Waals surface area contributed by atoms with Gasteiger partial charge in [0.2, 0.25) is 0 Å². The fourth-order valence-corrected chi connectivity index (χ4v) is 1.68. The molecule has 0 unspecified atom stereocenters. The zero-order valence-electron chi connectivity index (χ0n) is 9.45. The van der Waals surface area contributed by atoms with Crippen LogP contribution in [0.5, 0.6) is 0 Å². The van der Waals surface area contributed by atoms with Crippen molar-refractivity contribution in [3.63, 3.8) is 0 Å². The lowest BCUT2D eigenvalue weighted by atomic mass is 9.79. The van der Waals surface area contributed by atoms with Gasteiger partial charge in [-0.25, -0.2) is 4.39 Å². The Morgan fingerprint density at radius 2 is 1.83 bits per heavy atom. The maximum atomic E-state index is 13.3. The number of nitrogens with zero attached hydrogens (tertiary/aromatic N) is 1. The Labute approximate surface area is 103 Å². The minimum Gasteiger partial charge on any atom is -0.423 e. The van der Waals surface area contributed by atoms with Crippen molar-refractivity contribution in [2.45, 2.75) is 6.54 Å². The van der Waals surface area contributed by atoms with Crippen molar-refractivity contribution in [1.82, 2.24) is 4.57 Å². The summed E-state index contributed by atoms with van der Waals surface area (Å²) in [6.07, 6.45) is 3.17. The molecule has 0 aliphatic rings. The summed E-state index contributed by atoms with van der Waals surface area (Å²) < 4.78 is 15.0. The number of hydrogen-bond acceptors (Lipinski definition) is 3. The molecule has 2 aromatic rings. The van der Waals surface area contributed by atoms with Crippen molar-refractivity contribution >= 4 is 12.6 Å². The van der Waals surface area contributed by atoms with Gasteiger partial charge in [0.1, 0.15) is 5.82 Å². The molecule has 1 heterocycles. The second-order valence-electron chi connectivity index (χ2n) is 3.97. The average Bonchev–Trinajstić information content (AvgIpc) is 2.31. The Bertz CT molecular complexity index is 592. The third-order valence-electron chi connectivity index (χ3n) is 2.50. The first-order chi connectivity index (χ1) is 8.54. The van der Waals surface area contributed by atoms with Crippen LogP contribution in [0.1, 0.15) is 5.56 Å². The first-order valence-corrected chi connectivity index (χ1v) is 5.36. The molecule has 2 N–H and O–H groups in total. The molecule has 92 valence electrons. The van der Waals surface area contributed by atoms with E-state index in [0.29, 0.717) is 12.1 Å². The zero-order valence-corrected chi connectivity index (χ0v) is 9.45. The van der Waals surface area contributed by atoms with Crippen molar-refractivity contribution in [3.05, 3.63) is 64.3 Å². The van der Waals surface area contributed by atoms with Crippen molar-refractivity contribution in [1.29, 1.82) is 0 Å². The van der Waals surface area contributed by atoms with Gasteiger partial charge in [0, 0.05) is 31.1 Å². The monoisotopic (exact) mass is 247 g/mol. The highest BCUT2D eigenvalue weighted by molar-refractivity contribution is 6.58. The third kappa shape index (κ3) is 3.06. The summed E-state index contributed by atoms with van der Waals surface area (Å²) in [7, 11) is -1.70. The molecule has 0 radical (unpaired) electrons. The molecule has 0 fully saturated rings. The molecule has 0 aliphatic heterocycles. The van der Waals surface area contributed by atoms with Gasteiger partial charge in [-0.05, 0) is 23.2 Å². The SMILES string of the molecule is O=c1ccn(Cc2cc(F)cc(B(O)O)c2)cc1. The zero-order chi connectivity index (χ0) is 13.1. The fourth-order valence-electron chi connectivity index (χ4n) is 1.68. The second-order valence-corrected chi connectivity index (χ2v) is 3.97. The summed E-state index contributed by atoms with van der Waals surface area (Å²) in [5.41, 5.74) is 0.588. The van der Waals surface area contributed by atoms with Crippen LogP contribution in [0, 0.1) is 5.82 Å². The predicted octanol–water partition coefficient (Wildman–Crippen LogP) is -0.285. The molecular weight excluding hydrogens is 236 g/mol. The molecule has 4 nitrogen and oxygen atoms in total. The highest BCUT2D eigenvalue weighted by atomic mass is 19.1. The molecular formula is C12H11BFNO3. The normalized spacial score (nSPS) is 10.4. The molecule has 2 rings (SSSR count). The summed E-state index contributed by atoms with van der Waals surface area (Å²) in [5.74, 6) is -0.531. The molecule has 6 heteroatoms. The molecule has 0 aliphatic carbocycles. The first-order valence-electron chi connectivity index (χ1n) is 5.36. The van der Waals surface area contributed by atoms with E-state index in [1.54, 1.807) is 17.0 Å². The molecule has 1 aromatic heterocycles. The quantitative estimate of drug-likeness (QED) is 0.733. The van der Waals surface area contributed by atoms with E-state index in [-0.39, 0.29) is 10.9 Å². The topological polar surface area (TPSA) is 62.5 Å². The number of hydrogen-bond donors (Lipinski definition) is 2. The fraction of sp³-hybridized carbons (Fsp3) is 0.0833. The highest BCUT2D eigenvalue weighted by Gasteiger charge is 2.13. The predicted molar refractivity (Wildman–Crippen MR) is 66.0 cm³/mol. The van der Waals surface area contributed by atoms with Crippen LogP contribution in [0.4, 0.5) is 4.39 Å². The van der Waals surface area contributed by atoms with Crippen LogP contribution in [0.2, 0.25) is 0 Å². The summed E-state index contributed by atoms with van der Waals surface area (Å²) in [6, 6.07) is 6.69. The summed E-state index contributed by atoms with van der Waals surface area (Å²) in [5, 5.41) is 18.0. The number of halogens is 1. The van der Waals surface area contributed by atoms with Crippen LogP contribution in [0.25, 0.3) is 0 Å². The number of pyridine rings is 1. The van der Waals surface area contributed by atoms with Gasteiger partial charge in [0.05, 0.1) is 0 Å². The third-order valence-corrected chi connectivity index (χ3v) is 2.50. The van der Waals surface area contributed by atoms with Gasteiger partial charge < -0.3 is 14.6 Å². The minimum absolute atomic E-state index is 0.100. The van der Waals surface area contributed by atoms with E-state index in [2.05, 4.69) is 0 Å². The Balaban J connectivity index is 2.28. The van der Waals surface area contributed by atoms with Gasteiger partial charge in [-0.2, -0.15) is 0 Å². The standard InChI is InChI=1S/C12H11BFNO3/c14-11-6-9(5-10(7-11)13(17)18)8-15-3-1-12(16)2-4-15/h1-7,17-18H,8H2. The van der Waals surface area contributed by atoms with Crippen LogP contribution in [0.3, 0.4) is 0 Å². The Morgan fingerprint density at radius 1 is 1.17 bits per heavy atom. The van der Waals surface area contributed by atoms with E-state index in [9.17, 15) is 9.18 Å². The van der Waals surface area contributed by atoms with E-state index in [0.717, 1.165) is 6.07 Å². The molecule has 0 atom stereocenters. The lowest BCUT2D eigenvalue weighted by molar-refractivity contribution is 0.425. The van der Waals surface area contributed by atoms with E-state index in [1.807, 2.05) is 0 Å².